The van der Waals surface area contributed by atoms with Gasteiger partial charge in [0.2, 0.25) is 11.8 Å². The Balaban J connectivity index is 0.00000182. The van der Waals surface area contributed by atoms with E-state index in [-0.39, 0.29) is 30.1 Å². The summed E-state index contributed by atoms with van der Waals surface area (Å²) in [5.41, 5.74) is 2.07. The van der Waals surface area contributed by atoms with Crippen LogP contribution < -0.4 is 16.0 Å². The number of carbonyl (C=O) groups is 2. The molecule has 0 spiro atoms. The molecule has 2 bridgehead atoms. The summed E-state index contributed by atoms with van der Waals surface area (Å²) < 4.78 is 0. The van der Waals surface area contributed by atoms with Crippen LogP contribution in [-0.4, -0.2) is 29.9 Å². The summed E-state index contributed by atoms with van der Waals surface area (Å²) in [4.78, 5) is 24.5. The number of hydrogen-bond acceptors (Lipinski definition) is 3. The molecule has 5 nitrogen and oxygen atoms in total. The van der Waals surface area contributed by atoms with Gasteiger partial charge in [-0.2, -0.15) is 0 Å². The van der Waals surface area contributed by atoms with Crippen LogP contribution >= 0.6 is 12.4 Å². The van der Waals surface area contributed by atoms with Crippen LogP contribution in [0.15, 0.2) is 24.3 Å². The van der Waals surface area contributed by atoms with Gasteiger partial charge in [0.15, 0.2) is 0 Å². The minimum absolute atomic E-state index is 0. The SMILES string of the molecule is Cl.O=C(CCC1Cc2ccccc2NC1=O)NC1CC2CCC(C1)N2. The molecule has 1 aromatic rings. The second-order valence-corrected chi connectivity index (χ2v) is 7.46. The van der Waals surface area contributed by atoms with Crippen molar-refractivity contribution in [2.75, 3.05) is 5.32 Å². The number of benzene rings is 1. The Morgan fingerprint density at radius 1 is 1.16 bits per heavy atom. The number of hydrogen-bond donors (Lipinski definition) is 3. The first-order valence-corrected chi connectivity index (χ1v) is 9.11. The van der Waals surface area contributed by atoms with E-state index < -0.39 is 0 Å². The van der Waals surface area contributed by atoms with E-state index in [0.717, 1.165) is 30.5 Å². The van der Waals surface area contributed by atoms with E-state index in [2.05, 4.69) is 16.0 Å². The molecule has 6 heteroatoms. The van der Waals surface area contributed by atoms with Crippen LogP contribution in [0.3, 0.4) is 0 Å². The summed E-state index contributed by atoms with van der Waals surface area (Å²) in [5.74, 6) is 0.0317. The predicted molar refractivity (Wildman–Crippen MR) is 99.9 cm³/mol. The minimum atomic E-state index is -0.102. The molecule has 0 radical (unpaired) electrons. The zero-order chi connectivity index (χ0) is 16.5. The van der Waals surface area contributed by atoms with Gasteiger partial charge in [-0.3, -0.25) is 9.59 Å². The molecule has 0 aromatic heterocycles. The van der Waals surface area contributed by atoms with Crippen LogP contribution in [0.4, 0.5) is 5.69 Å². The number of piperidine rings is 1. The maximum Gasteiger partial charge on any atom is 0.227 e. The van der Waals surface area contributed by atoms with Gasteiger partial charge in [0.05, 0.1) is 0 Å². The molecule has 0 aliphatic carbocycles. The average molecular weight is 364 g/mol. The maximum atomic E-state index is 12.3. The molecule has 3 unspecified atom stereocenters. The number of amides is 2. The predicted octanol–water partition coefficient (Wildman–Crippen LogP) is 2.40. The van der Waals surface area contributed by atoms with Gasteiger partial charge in [0.1, 0.15) is 0 Å². The molecule has 1 aromatic carbocycles. The highest BCUT2D eigenvalue weighted by Gasteiger charge is 2.34. The third-order valence-electron chi connectivity index (χ3n) is 5.67. The van der Waals surface area contributed by atoms with Crippen molar-refractivity contribution in [3.8, 4) is 0 Å². The summed E-state index contributed by atoms with van der Waals surface area (Å²) in [5, 5.41) is 9.73. The van der Waals surface area contributed by atoms with E-state index in [1.807, 2.05) is 24.3 Å². The van der Waals surface area contributed by atoms with Crippen molar-refractivity contribution in [1.29, 1.82) is 0 Å². The van der Waals surface area contributed by atoms with Gasteiger partial charge in [-0.05, 0) is 50.2 Å². The lowest BCUT2D eigenvalue weighted by Gasteiger charge is -2.30. The highest BCUT2D eigenvalue weighted by molar-refractivity contribution is 5.96. The van der Waals surface area contributed by atoms with Crippen LogP contribution in [0, 0.1) is 5.92 Å². The van der Waals surface area contributed by atoms with Gasteiger partial charge < -0.3 is 16.0 Å². The number of nitrogens with one attached hydrogen (secondary N) is 3. The highest BCUT2D eigenvalue weighted by atomic mass is 35.5. The second-order valence-electron chi connectivity index (χ2n) is 7.46. The van der Waals surface area contributed by atoms with Crippen LogP contribution in [0.2, 0.25) is 0 Å². The standard InChI is InChI=1S/C19H25N3O2.ClH/c23-18(21-16-10-14-6-7-15(11-16)20-14)8-5-13-9-12-3-1-2-4-17(12)22-19(13)24;/h1-4,13-16,20H,5-11H2,(H,21,23)(H,22,24);1H. The average Bonchev–Trinajstić information content (AvgIpc) is 2.91. The van der Waals surface area contributed by atoms with Gasteiger partial charge in [0, 0.05) is 36.2 Å². The van der Waals surface area contributed by atoms with Crippen molar-refractivity contribution in [3.63, 3.8) is 0 Å². The summed E-state index contributed by atoms with van der Waals surface area (Å²) in [6.45, 7) is 0. The number of anilines is 1. The Kier molecular flexibility index (Phi) is 5.64. The molecule has 4 rings (SSSR count). The van der Waals surface area contributed by atoms with E-state index in [4.69, 9.17) is 0 Å². The van der Waals surface area contributed by atoms with Crippen molar-refractivity contribution in [3.05, 3.63) is 29.8 Å². The fourth-order valence-electron chi connectivity index (χ4n) is 4.43. The Labute approximate surface area is 154 Å². The number of fused-ring (bicyclic) bond motifs is 3. The van der Waals surface area contributed by atoms with E-state index in [1.54, 1.807) is 0 Å². The lowest BCUT2D eigenvalue weighted by Crippen LogP contribution is -2.48. The summed E-state index contributed by atoms with van der Waals surface area (Å²) in [6, 6.07) is 9.36. The first-order chi connectivity index (χ1) is 11.7. The van der Waals surface area contributed by atoms with E-state index in [0.29, 0.717) is 31.0 Å². The van der Waals surface area contributed by atoms with Crippen molar-refractivity contribution in [2.45, 2.75) is 63.1 Å². The normalized spacial score (nSPS) is 30.0. The van der Waals surface area contributed by atoms with Gasteiger partial charge >= 0.3 is 0 Å². The fraction of sp³-hybridized carbons (Fsp3) is 0.579. The quantitative estimate of drug-likeness (QED) is 0.769. The molecule has 3 heterocycles. The highest BCUT2D eigenvalue weighted by Crippen LogP contribution is 2.28. The fourth-order valence-corrected chi connectivity index (χ4v) is 4.43. The molecule has 3 N–H and O–H groups in total. The Morgan fingerprint density at radius 2 is 1.88 bits per heavy atom. The lowest BCUT2D eigenvalue weighted by atomic mass is 9.89. The molecular formula is C19H26ClN3O2. The van der Waals surface area contributed by atoms with Crippen LogP contribution in [-0.2, 0) is 16.0 Å². The van der Waals surface area contributed by atoms with Crippen molar-refractivity contribution in [1.82, 2.24) is 10.6 Å². The molecule has 3 atom stereocenters. The lowest BCUT2D eigenvalue weighted by molar-refractivity contribution is -0.123. The van der Waals surface area contributed by atoms with E-state index in [9.17, 15) is 9.59 Å². The Bertz CT molecular complexity index is 639. The molecule has 3 aliphatic heterocycles. The smallest absolute Gasteiger partial charge is 0.227 e. The second kappa shape index (κ2) is 7.75. The van der Waals surface area contributed by atoms with E-state index in [1.165, 1.54) is 12.8 Å². The van der Waals surface area contributed by atoms with Gasteiger partial charge in [-0.15, -0.1) is 12.4 Å². The van der Waals surface area contributed by atoms with Gasteiger partial charge in [-0.1, -0.05) is 18.2 Å². The van der Waals surface area contributed by atoms with Crippen molar-refractivity contribution in [2.24, 2.45) is 5.92 Å². The molecule has 0 saturated carbocycles. The summed E-state index contributed by atoms with van der Waals surface area (Å²) >= 11 is 0. The zero-order valence-corrected chi connectivity index (χ0v) is 15.1. The zero-order valence-electron chi connectivity index (χ0n) is 14.3. The molecule has 136 valence electrons. The first kappa shape index (κ1) is 18.2. The van der Waals surface area contributed by atoms with Gasteiger partial charge in [0.25, 0.3) is 0 Å². The Morgan fingerprint density at radius 3 is 2.64 bits per heavy atom. The molecular weight excluding hydrogens is 338 g/mol. The number of para-hydroxylation sites is 1. The third kappa shape index (κ3) is 4.15. The number of halogens is 1. The topological polar surface area (TPSA) is 70.2 Å². The molecule has 2 amide bonds. The van der Waals surface area contributed by atoms with E-state index >= 15 is 0 Å². The minimum Gasteiger partial charge on any atom is -0.353 e. The largest absolute Gasteiger partial charge is 0.353 e. The monoisotopic (exact) mass is 363 g/mol. The molecule has 2 fully saturated rings. The molecule has 25 heavy (non-hydrogen) atoms. The van der Waals surface area contributed by atoms with Crippen LogP contribution in [0.1, 0.15) is 44.1 Å². The first-order valence-electron chi connectivity index (χ1n) is 9.11. The number of carbonyl (C=O) groups excluding carboxylic acids is 2. The van der Waals surface area contributed by atoms with Crippen molar-refractivity contribution < 1.29 is 9.59 Å². The summed E-state index contributed by atoms with van der Waals surface area (Å²) in [6.07, 6.45) is 6.33. The molecule has 3 aliphatic rings. The van der Waals surface area contributed by atoms with Crippen molar-refractivity contribution >= 4 is 29.9 Å². The maximum absolute atomic E-state index is 12.3. The van der Waals surface area contributed by atoms with Crippen LogP contribution in [0.25, 0.3) is 0 Å². The molecule has 2 saturated heterocycles. The van der Waals surface area contributed by atoms with Gasteiger partial charge in [-0.25, -0.2) is 0 Å². The Hall–Kier alpha value is -1.59. The number of rotatable bonds is 4. The summed E-state index contributed by atoms with van der Waals surface area (Å²) in [7, 11) is 0. The van der Waals surface area contributed by atoms with Crippen LogP contribution in [0.5, 0.6) is 0 Å². The third-order valence-corrected chi connectivity index (χ3v) is 5.67.